The highest BCUT2D eigenvalue weighted by atomic mass is 16.7. The zero-order chi connectivity index (χ0) is 16.3. The molecule has 0 aliphatic carbocycles. The van der Waals surface area contributed by atoms with Gasteiger partial charge in [-0.2, -0.15) is 0 Å². The molecule has 0 bridgehead atoms. The Bertz CT molecular complexity index is 529. The van der Waals surface area contributed by atoms with E-state index in [2.05, 4.69) is 15.2 Å². The van der Waals surface area contributed by atoms with Crippen molar-refractivity contribution < 1.29 is 14.3 Å². The summed E-state index contributed by atoms with van der Waals surface area (Å²) in [7, 11) is 0. The van der Waals surface area contributed by atoms with Crippen LogP contribution in [0.15, 0.2) is 18.3 Å². The number of rotatable bonds is 4. The second kappa shape index (κ2) is 6.84. The van der Waals surface area contributed by atoms with Crippen molar-refractivity contribution in [1.82, 2.24) is 4.98 Å². The summed E-state index contributed by atoms with van der Waals surface area (Å²) in [4.78, 5) is 18.4. The van der Waals surface area contributed by atoms with E-state index in [1.807, 2.05) is 32.2 Å². The van der Waals surface area contributed by atoms with Crippen molar-refractivity contribution in [2.45, 2.75) is 38.9 Å². The highest BCUT2D eigenvalue weighted by Crippen LogP contribution is 2.33. The van der Waals surface area contributed by atoms with E-state index in [0.29, 0.717) is 31.4 Å². The molecule has 126 valence electrons. The molecule has 2 aliphatic rings. The predicted molar refractivity (Wildman–Crippen MR) is 88.4 cm³/mol. The molecule has 6 nitrogen and oxygen atoms in total. The third-order valence-corrected chi connectivity index (χ3v) is 4.31. The van der Waals surface area contributed by atoms with Crippen molar-refractivity contribution in [3.05, 3.63) is 18.3 Å². The molecule has 0 atom stereocenters. The number of carbonyl (C=O) groups excluding carboxylic acids is 1. The number of hydrogen-bond acceptors (Lipinski definition) is 5. The van der Waals surface area contributed by atoms with Crippen LogP contribution in [0.5, 0.6) is 0 Å². The molecule has 1 spiro atoms. The zero-order valence-corrected chi connectivity index (χ0v) is 13.9. The number of anilines is 2. The largest absolute Gasteiger partial charge is 0.370 e. The minimum absolute atomic E-state index is 0.00990. The molecule has 1 aromatic heterocycles. The van der Waals surface area contributed by atoms with Crippen LogP contribution in [-0.4, -0.2) is 43.0 Å². The molecule has 2 aliphatic heterocycles. The lowest BCUT2D eigenvalue weighted by atomic mass is 10.0. The van der Waals surface area contributed by atoms with Gasteiger partial charge in [-0.25, -0.2) is 4.98 Å². The molecule has 1 aromatic rings. The number of nitrogens with zero attached hydrogens (tertiary/aromatic N) is 2. The summed E-state index contributed by atoms with van der Waals surface area (Å²) in [6, 6.07) is 3.87. The first kappa shape index (κ1) is 16.2. The summed E-state index contributed by atoms with van der Waals surface area (Å²) >= 11 is 0. The summed E-state index contributed by atoms with van der Waals surface area (Å²) in [5.74, 6) is 0.607. The van der Waals surface area contributed by atoms with Crippen molar-refractivity contribution >= 4 is 17.4 Å². The fraction of sp³-hybridized carbons (Fsp3) is 0.647. The van der Waals surface area contributed by atoms with Crippen LogP contribution in [0.1, 0.15) is 33.1 Å². The van der Waals surface area contributed by atoms with Crippen molar-refractivity contribution in [2.75, 3.05) is 36.5 Å². The van der Waals surface area contributed by atoms with Gasteiger partial charge < -0.3 is 19.7 Å². The molecular weight excluding hydrogens is 294 g/mol. The van der Waals surface area contributed by atoms with Gasteiger partial charge in [-0.3, -0.25) is 4.79 Å². The number of piperidine rings is 1. The smallest absolute Gasteiger partial charge is 0.225 e. The minimum Gasteiger partial charge on any atom is -0.370 e. The zero-order valence-electron chi connectivity index (χ0n) is 13.9. The van der Waals surface area contributed by atoms with Crippen molar-refractivity contribution in [2.24, 2.45) is 5.92 Å². The molecule has 0 aromatic carbocycles. The van der Waals surface area contributed by atoms with E-state index in [9.17, 15) is 4.79 Å². The third kappa shape index (κ3) is 4.00. The minimum atomic E-state index is -0.352. The Morgan fingerprint density at radius 1 is 1.30 bits per heavy atom. The predicted octanol–water partition coefficient (Wildman–Crippen LogP) is 2.41. The fourth-order valence-corrected chi connectivity index (χ4v) is 3.10. The Morgan fingerprint density at radius 3 is 2.57 bits per heavy atom. The highest BCUT2D eigenvalue weighted by Gasteiger charge is 2.39. The molecule has 0 radical (unpaired) electrons. The molecule has 3 heterocycles. The molecule has 0 unspecified atom stereocenters. The van der Waals surface area contributed by atoms with Gasteiger partial charge >= 0.3 is 0 Å². The normalized spacial score (nSPS) is 20.2. The van der Waals surface area contributed by atoms with Gasteiger partial charge in [0.15, 0.2) is 5.79 Å². The van der Waals surface area contributed by atoms with Crippen molar-refractivity contribution in [1.29, 1.82) is 0 Å². The van der Waals surface area contributed by atoms with Crippen LogP contribution in [0.4, 0.5) is 11.5 Å². The molecule has 1 amide bonds. The van der Waals surface area contributed by atoms with Gasteiger partial charge in [0.1, 0.15) is 5.82 Å². The summed E-state index contributed by atoms with van der Waals surface area (Å²) in [5, 5.41) is 2.83. The monoisotopic (exact) mass is 319 g/mol. The first-order chi connectivity index (χ1) is 11.1. The lowest BCUT2D eigenvalue weighted by molar-refractivity contribution is -0.169. The molecule has 23 heavy (non-hydrogen) atoms. The summed E-state index contributed by atoms with van der Waals surface area (Å²) in [6.45, 7) is 7.23. The average Bonchev–Trinajstić information content (AvgIpc) is 2.96. The maximum Gasteiger partial charge on any atom is 0.225 e. The summed E-state index contributed by atoms with van der Waals surface area (Å²) in [5.41, 5.74) is 1.07. The average molecular weight is 319 g/mol. The Balaban J connectivity index is 1.54. The molecular formula is C17H25N3O3. The van der Waals surface area contributed by atoms with Crippen LogP contribution in [0, 0.1) is 5.92 Å². The summed E-state index contributed by atoms with van der Waals surface area (Å²) in [6.07, 6.45) is 4.08. The number of carbonyl (C=O) groups is 1. The van der Waals surface area contributed by atoms with Crippen LogP contribution in [0.2, 0.25) is 0 Å². The van der Waals surface area contributed by atoms with Crippen LogP contribution in [0.25, 0.3) is 0 Å². The van der Waals surface area contributed by atoms with Crippen molar-refractivity contribution in [3.63, 3.8) is 0 Å². The number of nitrogens with one attached hydrogen (secondary N) is 1. The Kier molecular flexibility index (Phi) is 4.82. The maximum atomic E-state index is 11.8. The first-order valence-corrected chi connectivity index (χ1v) is 8.35. The van der Waals surface area contributed by atoms with Gasteiger partial charge in [0.05, 0.1) is 25.1 Å². The van der Waals surface area contributed by atoms with E-state index in [4.69, 9.17) is 9.47 Å². The van der Waals surface area contributed by atoms with Gasteiger partial charge in [-0.15, -0.1) is 0 Å². The molecule has 6 heteroatoms. The van der Waals surface area contributed by atoms with E-state index in [0.717, 1.165) is 31.6 Å². The summed E-state index contributed by atoms with van der Waals surface area (Å²) < 4.78 is 11.5. The maximum absolute atomic E-state index is 11.8. The van der Waals surface area contributed by atoms with Crippen LogP contribution >= 0.6 is 0 Å². The molecule has 2 saturated heterocycles. The van der Waals surface area contributed by atoms with Crippen LogP contribution in [-0.2, 0) is 14.3 Å². The number of aromatic nitrogens is 1. The van der Waals surface area contributed by atoms with E-state index in [1.54, 1.807) is 0 Å². The molecule has 3 rings (SSSR count). The van der Waals surface area contributed by atoms with E-state index in [-0.39, 0.29) is 11.7 Å². The second-order valence-electron chi connectivity index (χ2n) is 6.64. The Morgan fingerprint density at radius 2 is 2.00 bits per heavy atom. The van der Waals surface area contributed by atoms with Gasteiger partial charge in [0.25, 0.3) is 0 Å². The quantitative estimate of drug-likeness (QED) is 0.923. The first-order valence-electron chi connectivity index (χ1n) is 8.35. The Hall–Kier alpha value is -1.66. The highest BCUT2D eigenvalue weighted by molar-refractivity contribution is 5.89. The lowest BCUT2D eigenvalue weighted by Crippen LogP contribution is -2.45. The fourth-order valence-electron chi connectivity index (χ4n) is 3.10. The number of amides is 1. The van der Waals surface area contributed by atoms with Crippen LogP contribution < -0.4 is 10.2 Å². The van der Waals surface area contributed by atoms with Gasteiger partial charge in [-0.1, -0.05) is 13.8 Å². The molecule has 0 saturated carbocycles. The molecule has 2 fully saturated rings. The molecule has 1 N–H and O–H groups in total. The SMILES string of the molecule is CC(C)CC(=O)Nc1ccc(N2CCC3(CC2)OCCO3)cn1. The van der Waals surface area contributed by atoms with Gasteiger partial charge in [0.2, 0.25) is 5.91 Å². The third-order valence-electron chi connectivity index (χ3n) is 4.31. The number of hydrogen-bond donors (Lipinski definition) is 1. The van der Waals surface area contributed by atoms with Gasteiger partial charge in [-0.05, 0) is 18.1 Å². The number of pyridine rings is 1. The van der Waals surface area contributed by atoms with Crippen LogP contribution in [0.3, 0.4) is 0 Å². The van der Waals surface area contributed by atoms with E-state index >= 15 is 0 Å². The number of ether oxygens (including phenoxy) is 2. The van der Waals surface area contributed by atoms with E-state index in [1.165, 1.54) is 0 Å². The van der Waals surface area contributed by atoms with Gasteiger partial charge in [0, 0.05) is 32.4 Å². The second-order valence-corrected chi connectivity index (χ2v) is 6.64. The Labute approximate surface area is 137 Å². The lowest BCUT2D eigenvalue weighted by Gasteiger charge is -2.38. The van der Waals surface area contributed by atoms with Crippen molar-refractivity contribution in [3.8, 4) is 0 Å². The van der Waals surface area contributed by atoms with E-state index < -0.39 is 0 Å². The standard InChI is InChI=1S/C17H25N3O3/c1-13(2)11-16(21)19-15-4-3-14(12-18-15)20-7-5-17(6-8-20)22-9-10-23-17/h3-4,12-13H,5-11H2,1-2H3,(H,18,19,21). The topological polar surface area (TPSA) is 63.7 Å².